The van der Waals surface area contributed by atoms with Gasteiger partial charge in [-0.15, -0.1) is 0 Å². The fourth-order valence-corrected chi connectivity index (χ4v) is 6.80. The molecule has 0 heterocycles. The van der Waals surface area contributed by atoms with E-state index in [9.17, 15) is 39.6 Å². The Kier molecular flexibility index (Phi) is 10.2. The molecule has 4 aromatic carbocycles. The van der Waals surface area contributed by atoms with Gasteiger partial charge in [0, 0.05) is 120 Å². The molecule has 0 unspecified atom stereocenters. The van der Waals surface area contributed by atoms with E-state index in [-0.39, 0.29) is 46.0 Å². The van der Waals surface area contributed by atoms with E-state index in [1.807, 2.05) is 0 Å². The van der Waals surface area contributed by atoms with Crippen LogP contribution in [0, 0.1) is 0 Å². The lowest BCUT2D eigenvalue weighted by atomic mass is 9.80. The van der Waals surface area contributed by atoms with Gasteiger partial charge in [-0.3, -0.25) is 19.2 Å². The maximum absolute atomic E-state index is 12.3. The molecule has 272 valence electrons. The van der Waals surface area contributed by atoms with E-state index < -0.39 is 47.5 Å². The molecule has 0 radical (unpaired) electrons. The molecule has 8 bridgehead atoms. The van der Waals surface area contributed by atoms with Gasteiger partial charge in [0.2, 0.25) is 0 Å². The maximum atomic E-state index is 12.3. The minimum atomic E-state index is -0.718. The number of hydrogen-bond acceptors (Lipinski definition) is 12. The van der Waals surface area contributed by atoms with Crippen molar-refractivity contribution >= 4 is 23.9 Å². The van der Waals surface area contributed by atoms with Crippen LogP contribution in [-0.2, 0) is 19.2 Å². The zero-order valence-electron chi connectivity index (χ0n) is 30.0. The van der Waals surface area contributed by atoms with E-state index in [0.717, 1.165) is 0 Å². The summed E-state index contributed by atoms with van der Waals surface area (Å²) >= 11 is 0. The third-order valence-electron chi connectivity index (χ3n) is 9.38. The molecule has 0 saturated heterocycles. The van der Waals surface area contributed by atoms with Crippen LogP contribution in [0.1, 0.15) is 124 Å². The summed E-state index contributed by atoms with van der Waals surface area (Å²) in [4.78, 5) is 49.3. The van der Waals surface area contributed by atoms with Crippen LogP contribution in [0.3, 0.4) is 0 Å². The highest BCUT2D eigenvalue weighted by molar-refractivity contribution is 5.75. The minimum absolute atomic E-state index is 0.0440. The van der Waals surface area contributed by atoms with E-state index in [1.54, 1.807) is 52.0 Å². The summed E-state index contributed by atoms with van der Waals surface area (Å²) in [6, 6.07) is 11.7. The van der Waals surface area contributed by atoms with Crippen molar-refractivity contribution in [3.05, 3.63) is 93.0 Å². The van der Waals surface area contributed by atoms with Crippen LogP contribution in [0.2, 0.25) is 0 Å². The van der Waals surface area contributed by atoms with E-state index in [4.69, 9.17) is 18.9 Å². The van der Waals surface area contributed by atoms with E-state index in [2.05, 4.69) is 0 Å². The number of carbonyl (C=O) groups is 4. The van der Waals surface area contributed by atoms with Gasteiger partial charge in [0.1, 0.15) is 46.0 Å². The van der Waals surface area contributed by atoms with Gasteiger partial charge in [0.05, 0.1) is 0 Å². The zero-order valence-corrected chi connectivity index (χ0v) is 30.0. The molecule has 4 N–H and O–H groups in total. The van der Waals surface area contributed by atoms with Gasteiger partial charge in [0.25, 0.3) is 0 Å². The fourth-order valence-electron chi connectivity index (χ4n) is 6.80. The van der Waals surface area contributed by atoms with Gasteiger partial charge in [0.15, 0.2) is 0 Å². The standard InChI is InChI=1S/C40H40O12/c1-17-25-9-26(34(46)13-33(25)45)18(2)31-12-32(40(52-24(8)44)16-39(31)51-23(7)43)20(4)28-10-27(35(47)14-36(28)48)19(3)30-11-29(17)37(49-21(5)41)15-38(30)50-22(6)42/h9-20,45-48H,1-8H3/t17-,18+,19-,20+. The maximum Gasteiger partial charge on any atom is 0.308 e. The predicted molar refractivity (Wildman–Crippen MR) is 188 cm³/mol. The van der Waals surface area contributed by atoms with Crippen LogP contribution in [0.25, 0.3) is 0 Å². The van der Waals surface area contributed by atoms with Gasteiger partial charge >= 0.3 is 23.9 Å². The molecule has 0 aliphatic heterocycles. The average Bonchev–Trinajstić information content (AvgIpc) is 3.02. The molecule has 0 amide bonds. The third-order valence-corrected chi connectivity index (χ3v) is 9.38. The average molecular weight is 713 g/mol. The first-order valence-corrected chi connectivity index (χ1v) is 16.6. The van der Waals surface area contributed by atoms with Crippen molar-refractivity contribution in [2.75, 3.05) is 0 Å². The molecular weight excluding hydrogens is 672 g/mol. The lowest BCUT2D eigenvalue weighted by Gasteiger charge is -2.27. The van der Waals surface area contributed by atoms with Crippen molar-refractivity contribution < 1.29 is 58.6 Å². The first-order valence-electron chi connectivity index (χ1n) is 16.6. The normalized spacial score (nSPS) is 17.8. The number of esters is 4. The SMILES string of the molecule is CC(=O)Oc1cc(OC(C)=O)c2cc1[C@H](C)c1cc(c(O)cc1O)[C@H](C)c1cc(c(OC(C)=O)cc1OC(C)=O)[C@@H](C)c1cc(c(O)cc1O)[C@H]2C. The van der Waals surface area contributed by atoms with Gasteiger partial charge in [-0.2, -0.15) is 0 Å². The molecule has 4 aromatic rings. The fraction of sp³-hybridized carbons (Fsp3) is 0.300. The second-order valence-electron chi connectivity index (χ2n) is 13.1. The molecule has 0 aromatic heterocycles. The van der Waals surface area contributed by atoms with Crippen LogP contribution in [0.4, 0.5) is 0 Å². The number of phenolic OH excluding ortho intramolecular Hbond substituents is 4. The lowest BCUT2D eigenvalue weighted by molar-refractivity contribution is -0.133. The largest absolute Gasteiger partial charge is 0.508 e. The summed E-state index contributed by atoms with van der Waals surface area (Å²) in [6.45, 7) is 11.9. The van der Waals surface area contributed by atoms with Crippen molar-refractivity contribution in [1.82, 2.24) is 0 Å². The Bertz CT molecular complexity index is 1850. The van der Waals surface area contributed by atoms with Crippen LogP contribution < -0.4 is 18.9 Å². The van der Waals surface area contributed by atoms with Crippen LogP contribution in [-0.4, -0.2) is 44.3 Å². The van der Waals surface area contributed by atoms with Crippen molar-refractivity contribution in [1.29, 1.82) is 0 Å². The molecule has 12 heteroatoms. The highest BCUT2D eigenvalue weighted by atomic mass is 16.6. The highest BCUT2D eigenvalue weighted by Crippen LogP contribution is 2.50. The number of fused-ring (bicyclic) bond motifs is 8. The third kappa shape index (κ3) is 7.23. The molecule has 5 rings (SSSR count). The molecule has 0 spiro atoms. The van der Waals surface area contributed by atoms with Crippen LogP contribution in [0.5, 0.6) is 46.0 Å². The van der Waals surface area contributed by atoms with Crippen molar-refractivity contribution in [2.24, 2.45) is 0 Å². The summed E-state index contributed by atoms with van der Waals surface area (Å²) in [5.41, 5.74) is 2.92. The number of benzene rings is 4. The second-order valence-corrected chi connectivity index (χ2v) is 13.1. The summed E-state index contributed by atoms with van der Waals surface area (Å²) in [6.07, 6.45) is 0. The van der Waals surface area contributed by atoms with E-state index >= 15 is 0 Å². The Morgan fingerprint density at radius 2 is 0.558 bits per heavy atom. The van der Waals surface area contributed by atoms with Gasteiger partial charge in [-0.1, -0.05) is 27.7 Å². The smallest absolute Gasteiger partial charge is 0.308 e. The Labute approximate surface area is 300 Å². The quantitative estimate of drug-likeness (QED) is 0.124. The lowest BCUT2D eigenvalue weighted by Crippen LogP contribution is -2.13. The van der Waals surface area contributed by atoms with E-state index in [1.165, 1.54) is 52.0 Å². The minimum Gasteiger partial charge on any atom is -0.508 e. The highest BCUT2D eigenvalue weighted by Gasteiger charge is 2.31. The summed E-state index contributed by atoms with van der Waals surface area (Å²) in [7, 11) is 0. The first kappa shape index (κ1) is 37.2. The molecule has 1 aliphatic rings. The van der Waals surface area contributed by atoms with Crippen molar-refractivity contribution in [3.63, 3.8) is 0 Å². The Hall–Kier alpha value is -6.04. The molecule has 1 aliphatic carbocycles. The molecule has 0 saturated carbocycles. The van der Waals surface area contributed by atoms with Gasteiger partial charge in [-0.25, -0.2) is 0 Å². The molecule has 52 heavy (non-hydrogen) atoms. The second kappa shape index (κ2) is 14.3. The number of hydrogen-bond donors (Lipinski definition) is 4. The van der Waals surface area contributed by atoms with Crippen LogP contribution >= 0.6 is 0 Å². The summed E-state index contributed by atoms with van der Waals surface area (Å²) in [5.74, 6) is -6.40. The van der Waals surface area contributed by atoms with Gasteiger partial charge < -0.3 is 39.4 Å². The van der Waals surface area contributed by atoms with Crippen molar-refractivity contribution in [2.45, 2.75) is 79.1 Å². The monoisotopic (exact) mass is 712 g/mol. The van der Waals surface area contributed by atoms with Gasteiger partial charge in [-0.05, 0) is 24.3 Å². The zero-order chi connectivity index (χ0) is 38.3. The topological polar surface area (TPSA) is 186 Å². The Balaban J connectivity index is 1.94. The number of carbonyl (C=O) groups excluding carboxylic acids is 4. The molecular formula is C40H40O12. The molecule has 12 nitrogen and oxygen atoms in total. The predicted octanol–water partition coefficient (Wildman–Crippen LogP) is 7.13. The van der Waals surface area contributed by atoms with E-state index in [0.29, 0.717) is 44.5 Å². The summed E-state index contributed by atoms with van der Waals surface area (Å²) in [5, 5.41) is 44.9. The van der Waals surface area contributed by atoms with Crippen molar-refractivity contribution in [3.8, 4) is 46.0 Å². The summed E-state index contributed by atoms with van der Waals surface area (Å²) < 4.78 is 22.4. The first-order chi connectivity index (χ1) is 24.4. The molecule has 0 fully saturated rings. The number of phenols is 4. The number of rotatable bonds is 4. The Morgan fingerprint density at radius 1 is 0.365 bits per heavy atom. The molecule has 4 atom stereocenters. The number of aromatic hydroxyl groups is 4. The number of ether oxygens (including phenoxy) is 4. The van der Waals surface area contributed by atoms with Crippen LogP contribution in [0.15, 0.2) is 48.5 Å². The Morgan fingerprint density at radius 3 is 0.750 bits per heavy atom.